The molecule has 1 aromatic heterocycles. The van der Waals surface area contributed by atoms with Crippen LogP contribution in [0.15, 0.2) is 48.5 Å². The van der Waals surface area contributed by atoms with Gasteiger partial charge < -0.3 is 19.1 Å². The molecule has 3 aromatic rings. The maximum atomic E-state index is 12.6. The number of hydrogen-bond donors (Lipinski definition) is 0. The summed E-state index contributed by atoms with van der Waals surface area (Å²) in [5.74, 6) is 0.754. The van der Waals surface area contributed by atoms with E-state index in [-0.39, 0.29) is 12.2 Å². The quantitative estimate of drug-likeness (QED) is 0.551. The number of carbonyl (C=O) groups excluding carboxylic acids is 1. The second-order valence-corrected chi connectivity index (χ2v) is 8.49. The average Bonchev–Trinajstić information content (AvgIpc) is 3.38. The van der Waals surface area contributed by atoms with Gasteiger partial charge in [-0.15, -0.1) is 0 Å². The van der Waals surface area contributed by atoms with Crippen LogP contribution in [-0.2, 0) is 22.3 Å². The minimum atomic E-state index is -0.290. The molecule has 0 spiro atoms. The molecule has 1 unspecified atom stereocenters. The number of fused-ring (bicyclic) bond motifs is 1. The van der Waals surface area contributed by atoms with E-state index in [9.17, 15) is 4.79 Å². The van der Waals surface area contributed by atoms with Crippen molar-refractivity contribution in [1.82, 2.24) is 14.7 Å². The van der Waals surface area contributed by atoms with Crippen molar-refractivity contribution in [1.29, 1.82) is 0 Å². The van der Waals surface area contributed by atoms with Crippen LogP contribution in [0.4, 0.5) is 4.79 Å². The largest absolute Gasteiger partial charge is 0.492 e. The molecule has 8 heteroatoms. The number of ether oxygens (including phenoxy) is 3. The van der Waals surface area contributed by atoms with Crippen LogP contribution in [0.3, 0.4) is 0 Å². The fraction of sp³-hybridized carbons (Fsp3) is 0.360. The van der Waals surface area contributed by atoms with Gasteiger partial charge in [-0.05, 0) is 25.1 Å². The van der Waals surface area contributed by atoms with E-state index in [0.717, 1.165) is 34.0 Å². The maximum Gasteiger partial charge on any atom is 0.410 e. The summed E-state index contributed by atoms with van der Waals surface area (Å²) in [4.78, 5) is 14.3. The monoisotopic (exact) mass is 467 g/mol. The van der Waals surface area contributed by atoms with E-state index in [1.807, 2.05) is 60.1 Å². The maximum absolute atomic E-state index is 12.6. The Hall–Kier alpha value is -3.03. The molecular weight excluding hydrogens is 442 g/mol. The SMILES string of the molecule is CCOc1ccccc1-n1nc2c(c1-c1ccccc1Cl)CC(OC(=O)N1CCOCC1)C2. The highest BCUT2D eigenvalue weighted by Crippen LogP contribution is 2.39. The fourth-order valence-corrected chi connectivity index (χ4v) is 4.68. The molecule has 33 heavy (non-hydrogen) atoms. The van der Waals surface area contributed by atoms with E-state index in [0.29, 0.717) is 50.8 Å². The van der Waals surface area contributed by atoms with Crippen molar-refractivity contribution in [3.05, 3.63) is 64.8 Å². The van der Waals surface area contributed by atoms with Gasteiger partial charge in [0.1, 0.15) is 17.5 Å². The first-order valence-corrected chi connectivity index (χ1v) is 11.6. The van der Waals surface area contributed by atoms with Crippen LogP contribution < -0.4 is 4.74 Å². The predicted octanol–water partition coefficient (Wildman–Crippen LogP) is 4.53. The molecule has 7 nitrogen and oxygen atoms in total. The highest BCUT2D eigenvalue weighted by molar-refractivity contribution is 6.33. The third kappa shape index (κ3) is 4.30. The van der Waals surface area contributed by atoms with Gasteiger partial charge in [0, 0.05) is 42.1 Å². The summed E-state index contributed by atoms with van der Waals surface area (Å²) in [7, 11) is 0. The van der Waals surface area contributed by atoms with E-state index in [1.165, 1.54) is 0 Å². The van der Waals surface area contributed by atoms with Gasteiger partial charge in [-0.3, -0.25) is 0 Å². The molecule has 2 aromatic carbocycles. The second-order valence-electron chi connectivity index (χ2n) is 8.08. The van der Waals surface area contributed by atoms with Crippen LogP contribution in [0.2, 0.25) is 5.02 Å². The number of benzene rings is 2. The molecule has 1 atom stereocenters. The Bertz CT molecular complexity index is 1160. The van der Waals surface area contributed by atoms with E-state index < -0.39 is 0 Å². The molecule has 0 saturated carbocycles. The number of hydrogen-bond acceptors (Lipinski definition) is 5. The molecule has 0 bridgehead atoms. The van der Waals surface area contributed by atoms with Crippen molar-refractivity contribution in [3.63, 3.8) is 0 Å². The Morgan fingerprint density at radius 1 is 1.12 bits per heavy atom. The number of aromatic nitrogens is 2. The summed E-state index contributed by atoms with van der Waals surface area (Å²) in [5.41, 5.74) is 4.61. The summed E-state index contributed by atoms with van der Waals surface area (Å²) in [6.07, 6.45) is 0.605. The Balaban J connectivity index is 1.50. The van der Waals surface area contributed by atoms with Gasteiger partial charge in [0.05, 0.1) is 31.2 Å². The highest BCUT2D eigenvalue weighted by Gasteiger charge is 2.34. The minimum Gasteiger partial charge on any atom is -0.492 e. The lowest BCUT2D eigenvalue weighted by atomic mass is 10.1. The summed E-state index contributed by atoms with van der Waals surface area (Å²) in [6, 6.07) is 15.6. The molecule has 1 amide bonds. The standard InChI is InChI=1S/C25H26ClN3O4/c1-2-32-23-10-6-5-9-22(23)29-24(18-7-3-4-8-20(18)26)19-15-17(16-21(19)27-29)33-25(30)28-11-13-31-14-12-28/h3-10,17H,2,11-16H2,1H3. The van der Waals surface area contributed by atoms with Crippen LogP contribution >= 0.6 is 11.6 Å². The molecular formula is C25H26ClN3O4. The zero-order valence-corrected chi connectivity index (χ0v) is 19.3. The number of amides is 1. The number of rotatable bonds is 5. The van der Waals surface area contributed by atoms with Gasteiger partial charge >= 0.3 is 6.09 Å². The van der Waals surface area contributed by atoms with Crippen molar-refractivity contribution in [2.24, 2.45) is 0 Å². The van der Waals surface area contributed by atoms with Crippen LogP contribution in [0.25, 0.3) is 16.9 Å². The number of para-hydroxylation sites is 2. The van der Waals surface area contributed by atoms with Crippen LogP contribution in [0.1, 0.15) is 18.2 Å². The lowest BCUT2D eigenvalue weighted by Gasteiger charge is -2.27. The van der Waals surface area contributed by atoms with Gasteiger partial charge in [-0.25, -0.2) is 9.48 Å². The lowest BCUT2D eigenvalue weighted by Crippen LogP contribution is -2.42. The van der Waals surface area contributed by atoms with Crippen molar-refractivity contribution in [2.75, 3.05) is 32.9 Å². The zero-order valence-electron chi connectivity index (χ0n) is 18.5. The van der Waals surface area contributed by atoms with Crippen LogP contribution in [-0.4, -0.2) is 59.8 Å². The van der Waals surface area contributed by atoms with E-state index in [4.69, 9.17) is 30.9 Å². The highest BCUT2D eigenvalue weighted by atomic mass is 35.5. The molecule has 2 heterocycles. The number of halogens is 1. The molecule has 5 rings (SSSR count). The predicted molar refractivity (Wildman–Crippen MR) is 125 cm³/mol. The van der Waals surface area contributed by atoms with Crippen molar-refractivity contribution >= 4 is 17.7 Å². The fourth-order valence-electron chi connectivity index (χ4n) is 4.45. The first-order chi connectivity index (χ1) is 16.2. The zero-order chi connectivity index (χ0) is 22.8. The minimum absolute atomic E-state index is 0.254. The molecule has 1 aliphatic heterocycles. The topological polar surface area (TPSA) is 65.8 Å². The number of morpholine rings is 1. The Morgan fingerprint density at radius 2 is 1.88 bits per heavy atom. The van der Waals surface area contributed by atoms with Gasteiger partial charge in [-0.1, -0.05) is 41.9 Å². The van der Waals surface area contributed by atoms with Crippen molar-refractivity contribution in [3.8, 4) is 22.7 Å². The Morgan fingerprint density at radius 3 is 2.67 bits per heavy atom. The van der Waals surface area contributed by atoms with E-state index >= 15 is 0 Å². The van der Waals surface area contributed by atoms with Gasteiger partial charge in [0.15, 0.2) is 0 Å². The van der Waals surface area contributed by atoms with E-state index in [2.05, 4.69) is 0 Å². The molecule has 1 saturated heterocycles. The van der Waals surface area contributed by atoms with Gasteiger partial charge in [0.25, 0.3) is 0 Å². The molecule has 1 fully saturated rings. The van der Waals surface area contributed by atoms with Crippen LogP contribution in [0.5, 0.6) is 5.75 Å². The lowest BCUT2D eigenvalue weighted by molar-refractivity contribution is 0.0141. The first kappa shape index (κ1) is 21.8. The van der Waals surface area contributed by atoms with Gasteiger partial charge in [0.2, 0.25) is 0 Å². The smallest absolute Gasteiger partial charge is 0.410 e. The van der Waals surface area contributed by atoms with E-state index in [1.54, 1.807) is 4.90 Å². The first-order valence-electron chi connectivity index (χ1n) is 11.3. The Labute approximate surface area is 197 Å². The normalized spacial score (nSPS) is 17.6. The van der Waals surface area contributed by atoms with Crippen molar-refractivity contribution in [2.45, 2.75) is 25.9 Å². The summed E-state index contributed by atoms with van der Waals surface area (Å²) < 4.78 is 19.0. The van der Waals surface area contributed by atoms with Gasteiger partial charge in [-0.2, -0.15) is 5.10 Å². The van der Waals surface area contributed by atoms with Crippen LogP contribution in [0, 0.1) is 0 Å². The molecule has 172 valence electrons. The summed E-state index contributed by atoms with van der Waals surface area (Å²) >= 11 is 6.62. The number of nitrogens with zero attached hydrogens (tertiary/aromatic N) is 3. The summed E-state index contributed by atoms with van der Waals surface area (Å²) in [5, 5.41) is 5.59. The molecule has 0 radical (unpaired) electrons. The van der Waals surface area contributed by atoms with Crippen molar-refractivity contribution < 1.29 is 19.0 Å². The summed E-state index contributed by atoms with van der Waals surface area (Å²) in [6.45, 7) is 4.72. The third-order valence-corrected chi connectivity index (χ3v) is 6.31. The number of carbonyl (C=O) groups is 1. The second kappa shape index (κ2) is 9.45. The third-order valence-electron chi connectivity index (χ3n) is 5.98. The molecule has 1 aliphatic carbocycles. The Kier molecular flexibility index (Phi) is 6.24. The average molecular weight is 468 g/mol. The molecule has 2 aliphatic rings. The molecule has 0 N–H and O–H groups in total.